The van der Waals surface area contributed by atoms with Gasteiger partial charge in [0, 0.05) is 17.8 Å². The van der Waals surface area contributed by atoms with Gasteiger partial charge in [-0.3, -0.25) is 0 Å². The number of anilines is 1. The quantitative estimate of drug-likeness (QED) is 0.542. The molecule has 0 aliphatic carbocycles. The zero-order valence-corrected chi connectivity index (χ0v) is 8.70. The molecular weight excluding hydrogens is 208 g/mol. The minimum Gasteiger partial charge on any atom is -0.398 e. The van der Waals surface area contributed by atoms with Crippen molar-refractivity contribution in [3.05, 3.63) is 42.6 Å². The normalized spacial score (nSPS) is 12.5. The first-order valence-electron chi connectivity index (χ1n) is 4.60. The predicted molar refractivity (Wildman–Crippen MR) is 60.1 cm³/mol. The Hall–Kier alpha value is -1.68. The van der Waals surface area contributed by atoms with Crippen LogP contribution >= 0.6 is 12.2 Å². The second-order valence-corrected chi connectivity index (χ2v) is 4.03. The van der Waals surface area contributed by atoms with E-state index in [9.17, 15) is 0 Å². The van der Waals surface area contributed by atoms with Gasteiger partial charge in [-0.15, -0.1) is 0 Å². The molecular formula is C11H9N2OS+. The van der Waals surface area contributed by atoms with Gasteiger partial charge < -0.3 is 9.92 Å². The van der Waals surface area contributed by atoms with Crippen LogP contribution in [0.5, 0.6) is 5.75 Å². The molecule has 74 valence electrons. The van der Waals surface area contributed by atoms with Gasteiger partial charge in [-0.1, -0.05) is 16.1 Å². The van der Waals surface area contributed by atoms with Crippen LogP contribution in [0, 0.1) is 0 Å². The number of hydrogen-bond donors (Lipinski definition) is 1. The van der Waals surface area contributed by atoms with Crippen molar-refractivity contribution < 1.29 is 8.16 Å². The van der Waals surface area contributed by atoms with Crippen LogP contribution in [0.4, 0.5) is 5.69 Å². The van der Waals surface area contributed by atoms with E-state index in [1.54, 1.807) is 0 Å². The van der Waals surface area contributed by atoms with Crippen molar-refractivity contribution in [1.29, 1.82) is 0 Å². The van der Waals surface area contributed by atoms with Gasteiger partial charge in [-0.2, -0.15) is 0 Å². The first-order chi connectivity index (χ1) is 7.34. The van der Waals surface area contributed by atoms with Gasteiger partial charge in [0.25, 0.3) is 0 Å². The van der Waals surface area contributed by atoms with E-state index in [2.05, 4.69) is 0 Å². The van der Waals surface area contributed by atoms with Gasteiger partial charge in [-0.05, 0) is 12.1 Å². The Kier molecular flexibility index (Phi) is 1.82. The van der Waals surface area contributed by atoms with E-state index in [0.717, 1.165) is 22.7 Å². The number of fused-ring (bicyclic) bond motifs is 3. The van der Waals surface area contributed by atoms with Crippen molar-refractivity contribution in [2.45, 2.75) is 0 Å². The molecule has 0 spiro atoms. The summed E-state index contributed by atoms with van der Waals surface area (Å²) >= 11 is 1.30. The Morgan fingerprint density at radius 3 is 3.00 bits per heavy atom. The van der Waals surface area contributed by atoms with Crippen LogP contribution in [0.25, 0.3) is 11.3 Å². The van der Waals surface area contributed by atoms with Crippen LogP contribution in [-0.4, -0.2) is 0 Å². The van der Waals surface area contributed by atoms with Crippen LogP contribution in [0.1, 0.15) is 0 Å². The highest BCUT2D eigenvalue weighted by Gasteiger charge is 2.25. The summed E-state index contributed by atoms with van der Waals surface area (Å²) < 4.78 is 7.49. The van der Waals surface area contributed by atoms with Gasteiger partial charge in [0.1, 0.15) is 0 Å². The van der Waals surface area contributed by atoms with Crippen LogP contribution < -0.4 is 13.9 Å². The number of nitrogen functional groups attached to an aromatic ring is 1. The van der Waals surface area contributed by atoms with E-state index in [4.69, 9.17) is 9.92 Å². The molecule has 1 aromatic carbocycles. The molecule has 1 aromatic heterocycles. The third-order valence-electron chi connectivity index (χ3n) is 2.31. The average Bonchev–Trinajstić information content (AvgIpc) is 2.29. The SMILES string of the molecule is Nc1cc[n+]2c(c1)-c1ccccc1OS2. The van der Waals surface area contributed by atoms with E-state index in [1.807, 2.05) is 46.6 Å². The summed E-state index contributed by atoms with van der Waals surface area (Å²) in [5, 5.41) is 0. The van der Waals surface area contributed by atoms with E-state index in [1.165, 1.54) is 12.2 Å². The number of rotatable bonds is 0. The van der Waals surface area contributed by atoms with E-state index in [0.29, 0.717) is 0 Å². The summed E-state index contributed by atoms with van der Waals surface area (Å²) in [6.45, 7) is 0. The lowest BCUT2D eigenvalue weighted by molar-refractivity contribution is -0.488. The molecule has 0 amide bonds. The van der Waals surface area contributed by atoms with Crippen LogP contribution in [0.3, 0.4) is 0 Å². The number of nitrogens with two attached hydrogens (primary N) is 1. The smallest absolute Gasteiger partial charge is 0.398 e. The highest BCUT2D eigenvalue weighted by molar-refractivity contribution is 7.88. The summed E-state index contributed by atoms with van der Waals surface area (Å²) in [6, 6.07) is 11.7. The molecule has 0 atom stereocenters. The number of pyridine rings is 1. The summed E-state index contributed by atoms with van der Waals surface area (Å²) in [5.41, 5.74) is 8.68. The molecule has 1 aliphatic rings. The Morgan fingerprint density at radius 2 is 2.07 bits per heavy atom. The molecule has 0 bridgehead atoms. The van der Waals surface area contributed by atoms with Crippen molar-refractivity contribution in [1.82, 2.24) is 0 Å². The molecule has 0 saturated heterocycles. The van der Waals surface area contributed by atoms with Crippen LogP contribution in [0.2, 0.25) is 0 Å². The summed E-state index contributed by atoms with van der Waals surface area (Å²) in [4.78, 5) is 0. The summed E-state index contributed by atoms with van der Waals surface area (Å²) in [5.74, 6) is 0.883. The number of hydrogen-bond acceptors (Lipinski definition) is 3. The Balaban J connectivity index is 2.28. The molecule has 15 heavy (non-hydrogen) atoms. The fourth-order valence-electron chi connectivity index (χ4n) is 1.60. The van der Waals surface area contributed by atoms with Crippen molar-refractivity contribution in [2.24, 2.45) is 0 Å². The fourth-order valence-corrected chi connectivity index (χ4v) is 2.24. The Morgan fingerprint density at radius 1 is 1.20 bits per heavy atom. The second-order valence-electron chi connectivity index (χ2n) is 3.33. The fraction of sp³-hybridized carbons (Fsp3) is 0. The molecule has 3 rings (SSSR count). The third-order valence-corrected chi connectivity index (χ3v) is 3.05. The van der Waals surface area contributed by atoms with Crippen molar-refractivity contribution in [3.8, 4) is 17.0 Å². The average molecular weight is 217 g/mol. The number of nitrogens with zero attached hydrogens (tertiary/aromatic N) is 1. The van der Waals surface area contributed by atoms with E-state index >= 15 is 0 Å². The number of para-hydroxylation sites is 1. The standard InChI is InChI=1S/C11H8N2OS/c12-8-5-6-13-10(7-8)9-3-1-2-4-11(9)14-15-13/h1-7,12H/p+1. The number of benzene rings is 1. The maximum absolute atomic E-state index is 5.78. The van der Waals surface area contributed by atoms with Gasteiger partial charge in [0.15, 0.2) is 11.9 Å². The van der Waals surface area contributed by atoms with Gasteiger partial charge in [-0.25, -0.2) is 0 Å². The first-order valence-corrected chi connectivity index (χ1v) is 5.30. The van der Waals surface area contributed by atoms with Gasteiger partial charge in [0.05, 0.1) is 5.56 Å². The first kappa shape index (κ1) is 8.61. The topological polar surface area (TPSA) is 39.1 Å². The largest absolute Gasteiger partial charge is 0.409 e. The minimum absolute atomic E-state index is 0.763. The lowest BCUT2D eigenvalue weighted by Gasteiger charge is -2.11. The van der Waals surface area contributed by atoms with E-state index in [-0.39, 0.29) is 0 Å². The molecule has 0 unspecified atom stereocenters. The van der Waals surface area contributed by atoms with Crippen LogP contribution in [-0.2, 0) is 0 Å². The van der Waals surface area contributed by atoms with Crippen molar-refractivity contribution >= 4 is 17.9 Å². The van der Waals surface area contributed by atoms with Gasteiger partial charge >= 0.3 is 12.2 Å². The zero-order valence-electron chi connectivity index (χ0n) is 7.88. The van der Waals surface area contributed by atoms with E-state index < -0.39 is 0 Å². The molecule has 3 nitrogen and oxygen atoms in total. The van der Waals surface area contributed by atoms with Crippen LogP contribution in [0.15, 0.2) is 42.6 Å². The number of aromatic nitrogens is 1. The summed E-state index contributed by atoms with van der Waals surface area (Å²) in [7, 11) is 0. The lowest BCUT2D eigenvalue weighted by Crippen LogP contribution is -2.31. The van der Waals surface area contributed by atoms with Gasteiger partial charge in [0.2, 0.25) is 5.69 Å². The highest BCUT2D eigenvalue weighted by Crippen LogP contribution is 2.34. The molecule has 2 aromatic rings. The zero-order chi connectivity index (χ0) is 10.3. The molecule has 2 heterocycles. The second kappa shape index (κ2) is 3.17. The monoisotopic (exact) mass is 217 g/mol. The molecule has 2 N–H and O–H groups in total. The maximum Gasteiger partial charge on any atom is 0.409 e. The minimum atomic E-state index is 0.763. The molecule has 4 heteroatoms. The molecule has 0 radical (unpaired) electrons. The Labute approximate surface area is 91.8 Å². The lowest BCUT2D eigenvalue weighted by atomic mass is 10.1. The predicted octanol–water partition coefficient (Wildman–Crippen LogP) is 2.03. The third kappa shape index (κ3) is 1.34. The molecule has 0 fully saturated rings. The molecule has 1 aliphatic heterocycles. The van der Waals surface area contributed by atoms with Crippen molar-refractivity contribution in [3.63, 3.8) is 0 Å². The van der Waals surface area contributed by atoms with Crippen molar-refractivity contribution in [2.75, 3.05) is 5.73 Å². The Bertz CT molecular complexity index is 528. The molecule has 0 saturated carbocycles. The maximum atomic E-state index is 5.78. The summed E-state index contributed by atoms with van der Waals surface area (Å²) in [6.07, 6.45) is 1.91. The highest BCUT2D eigenvalue weighted by atomic mass is 32.2.